The van der Waals surface area contributed by atoms with Gasteiger partial charge in [-0.05, 0) is 36.4 Å². The molecule has 3 rings (SSSR count). The van der Waals surface area contributed by atoms with Gasteiger partial charge in [-0.25, -0.2) is 0 Å². The molecule has 1 saturated heterocycles. The number of hydrogen-bond acceptors (Lipinski definition) is 4. The van der Waals surface area contributed by atoms with Crippen molar-refractivity contribution in [1.29, 1.82) is 0 Å². The first-order valence-corrected chi connectivity index (χ1v) is 7.67. The maximum Gasteiger partial charge on any atom is 0.253 e. The summed E-state index contributed by atoms with van der Waals surface area (Å²) in [4.78, 5) is 28.8. The van der Waals surface area contributed by atoms with Crippen LogP contribution in [0.5, 0.6) is 5.75 Å². The average Bonchev–Trinajstić information content (AvgIpc) is 2.63. The molecule has 0 bridgehead atoms. The van der Waals surface area contributed by atoms with Gasteiger partial charge < -0.3 is 9.64 Å². The van der Waals surface area contributed by atoms with Crippen molar-refractivity contribution in [3.05, 3.63) is 59.9 Å². The molecule has 1 aliphatic heterocycles. The highest BCUT2D eigenvalue weighted by molar-refractivity contribution is 5.94. The predicted octanol–water partition coefficient (Wildman–Crippen LogP) is 2.58. The molecule has 0 N–H and O–H groups in total. The summed E-state index contributed by atoms with van der Waals surface area (Å²) in [6.45, 7) is 1.36. The number of piperidine rings is 1. The third-order valence-electron chi connectivity index (χ3n) is 3.98. The molecule has 1 aromatic carbocycles. The van der Waals surface area contributed by atoms with E-state index in [0.717, 1.165) is 24.9 Å². The lowest BCUT2D eigenvalue weighted by Crippen LogP contribution is -2.41. The number of carbonyl (C=O) groups excluding carboxylic acids is 2. The Kier molecular flexibility index (Phi) is 4.66. The Morgan fingerprint density at radius 1 is 1.09 bits per heavy atom. The summed E-state index contributed by atoms with van der Waals surface area (Å²) < 4.78 is 5.92. The van der Waals surface area contributed by atoms with Crippen molar-refractivity contribution < 1.29 is 14.3 Å². The topological polar surface area (TPSA) is 59.5 Å². The Hall–Kier alpha value is -2.69. The monoisotopic (exact) mass is 310 g/mol. The lowest BCUT2D eigenvalue weighted by atomic mass is 10.1. The smallest absolute Gasteiger partial charge is 0.253 e. The van der Waals surface area contributed by atoms with Gasteiger partial charge in [-0.3, -0.25) is 14.6 Å². The molecule has 1 aliphatic rings. The van der Waals surface area contributed by atoms with E-state index in [2.05, 4.69) is 4.98 Å². The van der Waals surface area contributed by atoms with Crippen LogP contribution in [0.4, 0.5) is 0 Å². The summed E-state index contributed by atoms with van der Waals surface area (Å²) in [6, 6.07) is 10.6. The number of ether oxygens (including phenoxy) is 1. The molecule has 2 heterocycles. The van der Waals surface area contributed by atoms with Crippen molar-refractivity contribution in [3.63, 3.8) is 0 Å². The summed E-state index contributed by atoms with van der Waals surface area (Å²) in [5.41, 5.74) is 1.30. The van der Waals surface area contributed by atoms with Crippen LogP contribution in [-0.4, -0.2) is 41.3 Å². The summed E-state index contributed by atoms with van der Waals surface area (Å²) in [5.74, 6) is 0.802. The molecule has 0 unspecified atom stereocenters. The zero-order valence-corrected chi connectivity index (χ0v) is 12.7. The van der Waals surface area contributed by atoms with Crippen LogP contribution in [0.15, 0.2) is 48.8 Å². The molecule has 0 aliphatic carbocycles. The van der Waals surface area contributed by atoms with Crippen molar-refractivity contribution in [3.8, 4) is 5.75 Å². The Morgan fingerprint density at radius 3 is 2.35 bits per heavy atom. The number of aromatic nitrogens is 1. The molecule has 0 radical (unpaired) electrons. The molecule has 2 aromatic rings. The maximum atomic E-state index is 12.4. The zero-order chi connectivity index (χ0) is 16.1. The molecule has 118 valence electrons. The lowest BCUT2D eigenvalue weighted by molar-refractivity contribution is 0.0595. The van der Waals surface area contributed by atoms with Crippen LogP contribution in [0, 0.1) is 0 Å². The number of amides is 1. The summed E-state index contributed by atoms with van der Waals surface area (Å²) in [6.07, 6.45) is 5.77. The van der Waals surface area contributed by atoms with Gasteiger partial charge >= 0.3 is 0 Å². The fraction of sp³-hybridized carbons (Fsp3) is 0.278. The van der Waals surface area contributed by atoms with Crippen molar-refractivity contribution >= 4 is 12.2 Å². The van der Waals surface area contributed by atoms with Gasteiger partial charge in [0.2, 0.25) is 0 Å². The summed E-state index contributed by atoms with van der Waals surface area (Å²) >= 11 is 0. The van der Waals surface area contributed by atoms with Gasteiger partial charge in [0.05, 0.1) is 0 Å². The molecule has 0 atom stereocenters. The summed E-state index contributed by atoms with van der Waals surface area (Å²) in [5, 5.41) is 0. The number of aldehydes is 1. The van der Waals surface area contributed by atoms with Crippen LogP contribution < -0.4 is 4.74 Å². The molecular weight excluding hydrogens is 292 g/mol. The highest BCUT2D eigenvalue weighted by atomic mass is 16.5. The van der Waals surface area contributed by atoms with Gasteiger partial charge in [-0.1, -0.05) is 0 Å². The second kappa shape index (κ2) is 7.05. The normalized spacial score (nSPS) is 15.2. The Morgan fingerprint density at radius 2 is 1.74 bits per heavy atom. The minimum absolute atomic E-state index is 0.0428. The number of hydrogen-bond donors (Lipinski definition) is 0. The fourth-order valence-electron chi connectivity index (χ4n) is 2.67. The number of nitrogens with zero attached hydrogens (tertiary/aromatic N) is 2. The second-order valence-electron chi connectivity index (χ2n) is 5.53. The molecule has 5 nitrogen and oxygen atoms in total. The molecule has 1 amide bonds. The van der Waals surface area contributed by atoms with Crippen LogP contribution in [0.25, 0.3) is 0 Å². The molecule has 23 heavy (non-hydrogen) atoms. The van der Waals surface area contributed by atoms with E-state index in [9.17, 15) is 9.59 Å². The van der Waals surface area contributed by atoms with Crippen molar-refractivity contribution in [1.82, 2.24) is 9.88 Å². The minimum Gasteiger partial charge on any atom is -0.490 e. The Labute approximate surface area is 134 Å². The molecule has 5 heteroatoms. The van der Waals surface area contributed by atoms with Gasteiger partial charge in [0.15, 0.2) is 0 Å². The molecule has 1 fully saturated rings. The van der Waals surface area contributed by atoms with E-state index >= 15 is 0 Å². The van der Waals surface area contributed by atoms with Gasteiger partial charge in [0, 0.05) is 49.5 Å². The van der Waals surface area contributed by atoms with E-state index in [1.165, 1.54) is 0 Å². The average molecular weight is 310 g/mol. The molecular formula is C18H18N2O3. The third-order valence-corrected chi connectivity index (χ3v) is 3.98. The number of rotatable bonds is 4. The SMILES string of the molecule is O=Cc1ccc(OC2CCN(C(=O)c3ccncc3)CC2)cc1. The zero-order valence-electron chi connectivity index (χ0n) is 12.7. The quantitative estimate of drug-likeness (QED) is 0.814. The Balaban J connectivity index is 1.53. The van der Waals surface area contributed by atoms with Gasteiger partial charge in [0.1, 0.15) is 18.1 Å². The predicted molar refractivity (Wildman–Crippen MR) is 85.6 cm³/mol. The van der Waals surface area contributed by atoms with E-state index < -0.39 is 0 Å². The molecule has 0 saturated carbocycles. The van der Waals surface area contributed by atoms with E-state index in [1.54, 1.807) is 48.8 Å². The maximum absolute atomic E-state index is 12.4. The van der Waals surface area contributed by atoms with Crippen molar-refractivity contribution in [2.45, 2.75) is 18.9 Å². The molecule has 1 aromatic heterocycles. The van der Waals surface area contributed by atoms with E-state index in [1.807, 2.05) is 4.90 Å². The van der Waals surface area contributed by atoms with E-state index in [-0.39, 0.29) is 12.0 Å². The van der Waals surface area contributed by atoms with Gasteiger partial charge in [0.25, 0.3) is 5.91 Å². The number of carbonyl (C=O) groups is 2. The van der Waals surface area contributed by atoms with E-state index in [0.29, 0.717) is 24.2 Å². The van der Waals surface area contributed by atoms with Crippen LogP contribution in [0.3, 0.4) is 0 Å². The first kappa shape index (κ1) is 15.2. The highest BCUT2D eigenvalue weighted by Gasteiger charge is 2.24. The Bertz CT molecular complexity index is 662. The minimum atomic E-state index is 0.0428. The molecule has 0 spiro atoms. The van der Waals surface area contributed by atoms with Gasteiger partial charge in [-0.2, -0.15) is 0 Å². The summed E-state index contributed by atoms with van der Waals surface area (Å²) in [7, 11) is 0. The van der Waals surface area contributed by atoms with Crippen molar-refractivity contribution in [2.75, 3.05) is 13.1 Å². The second-order valence-corrected chi connectivity index (χ2v) is 5.53. The number of benzene rings is 1. The van der Waals surface area contributed by atoms with Crippen LogP contribution in [0.2, 0.25) is 0 Å². The lowest BCUT2D eigenvalue weighted by Gasteiger charge is -2.32. The van der Waals surface area contributed by atoms with Crippen molar-refractivity contribution in [2.24, 2.45) is 0 Å². The highest BCUT2D eigenvalue weighted by Crippen LogP contribution is 2.20. The first-order chi connectivity index (χ1) is 11.3. The van der Waals surface area contributed by atoms with Gasteiger partial charge in [-0.15, -0.1) is 0 Å². The van der Waals surface area contributed by atoms with Crippen LogP contribution in [0.1, 0.15) is 33.6 Å². The standard InChI is InChI=1S/C18H18N2O3/c21-13-14-1-3-16(4-2-14)23-17-7-11-20(12-8-17)18(22)15-5-9-19-10-6-15/h1-6,9-10,13,17H,7-8,11-12H2. The number of likely N-dealkylation sites (tertiary alicyclic amines) is 1. The first-order valence-electron chi connectivity index (χ1n) is 7.67. The third kappa shape index (κ3) is 3.74. The van der Waals surface area contributed by atoms with Crippen LogP contribution >= 0.6 is 0 Å². The largest absolute Gasteiger partial charge is 0.490 e. The van der Waals surface area contributed by atoms with Crippen LogP contribution in [-0.2, 0) is 0 Å². The fourth-order valence-corrected chi connectivity index (χ4v) is 2.67. The van der Waals surface area contributed by atoms with E-state index in [4.69, 9.17) is 4.74 Å². The number of pyridine rings is 1.